The molecule has 8 rings (SSSR count). The van der Waals surface area contributed by atoms with Gasteiger partial charge in [-0.3, -0.25) is 0 Å². The van der Waals surface area contributed by atoms with Gasteiger partial charge in [-0.05, 0) is 55.2 Å². The standard InChI is InChI=1S/2C16H10O.C2H5Br.BHNS/c2*17-14-9-7-12-5-4-10-2-1-3-11-6-8-13(14)16(12)15(10)11;2*1-2-3/h2*1-9,17H;2H2,1H3;3H. The Kier molecular flexibility index (Phi) is 8.39. The number of rotatable bonds is 0. The molecule has 0 saturated heterocycles. The van der Waals surface area contributed by atoms with Crippen molar-refractivity contribution in [3.05, 3.63) is 109 Å². The van der Waals surface area contributed by atoms with Crippen molar-refractivity contribution < 1.29 is 10.2 Å². The molecule has 0 aliphatic rings. The third-order valence-corrected chi connectivity index (χ3v) is 7.01. The van der Waals surface area contributed by atoms with E-state index in [1.165, 1.54) is 53.9 Å². The van der Waals surface area contributed by atoms with E-state index in [-0.39, 0.29) is 0 Å². The van der Waals surface area contributed by atoms with Gasteiger partial charge in [-0.2, -0.15) is 0 Å². The van der Waals surface area contributed by atoms with E-state index < -0.39 is 0 Å². The van der Waals surface area contributed by atoms with E-state index in [1.54, 1.807) is 12.1 Å². The molecule has 0 aliphatic heterocycles. The van der Waals surface area contributed by atoms with Crippen LogP contribution in [0.1, 0.15) is 6.92 Å². The quantitative estimate of drug-likeness (QED) is 0.0700. The summed E-state index contributed by atoms with van der Waals surface area (Å²) in [5.74, 6) is 0.714. The first-order valence-corrected chi connectivity index (χ1v) is 14.4. The van der Waals surface area contributed by atoms with Crippen LogP contribution in [0.4, 0.5) is 0 Å². The summed E-state index contributed by atoms with van der Waals surface area (Å²) in [6.07, 6.45) is 0. The summed E-state index contributed by atoms with van der Waals surface area (Å²) in [5, 5.41) is 34.9. The molecule has 0 unspecified atom stereocenters. The number of nitrogens with zero attached hydrogens (tertiary/aromatic N) is 1. The van der Waals surface area contributed by atoms with Crippen molar-refractivity contribution in [3.63, 3.8) is 0 Å². The molecule has 0 aliphatic carbocycles. The first-order valence-electron chi connectivity index (χ1n) is 12.8. The van der Waals surface area contributed by atoms with Crippen molar-refractivity contribution in [2.45, 2.75) is 6.92 Å². The van der Waals surface area contributed by atoms with Crippen LogP contribution >= 0.6 is 28.7 Å². The summed E-state index contributed by atoms with van der Waals surface area (Å²) < 4.78 is 2.69. The van der Waals surface area contributed by atoms with Gasteiger partial charge in [0.05, 0.1) is 0 Å². The number of hydrogen-bond acceptors (Lipinski definition) is 4. The number of thiol groups is 1. The average molecular weight is 603 g/mol. The zero-order valence-electron chi connectivity index (χ0n) is 21.8. The Balaban J connectivity index is 0.000000135. The van der Waals surface area contributed by atoms with E-state index in [0.717, 1.165) is 16.1 Å². The molecular weight excluding hydrogens is 577 g/mol. The van der Waals surface area contributed by atoms with Crippen molar-refractivity contribution in [1.82, 2.24) is 0 Å². The fourth-order valence-corrected chi connectivity index (χ4v) is 5.44. The number of alkyl halides is 1. The molecule has 0 bridgehead atoms. The van der Waals surface area contributed by atoms with Crippen LogP contribution in [0.5, 0.6) is 11.5 Å². The molecule has 1 radical (unpaired) electrons. The molecule has 0 amide bonds. The number of halogens is 1. The molecule has 6 heteroatoms. The summed E-state index contributed by atoms with van der Waals surface area (Å²) in [6, 6.07) is 36.7. The third kappa shape index (κ3) is 5.05. The Morgan fingerprint density at radius 2 is 0.800 bits per heavy atom. The van der Waals surface area contributed by atoms with Crippen molar-refractivity contribution in [3.8, 4) is 11.5 Å². The molecule has 40 heavy (non-hydrogen) atoms. The van der Waals surface area contributed by atoms with E-state index in [1.807, 2.05) is 31.2 Å². The van der Waals surface area contributed by atoms with Crippen LogP contribution in [0.25, 0.3) is 64.6 Å². The summed E-state index contributed by atoms with van der Waals surface area (Å²) >= 11 is 6.34. The molecule has 0 aromatic heterocycles. The third-order valence-electron chi connectivity index (χ3n) is 7.01. The minimum absolute atomic E-state index is 0.357. The van der Waals surface area contributed by atoms with E-state index >= 15 is 0 Å². The van der Waals surface area contributed by atoms with Crippen LogP contribution in [0.2, 0.25) is 0 Å². The van der Waals surface area contributed by atoms with Gasteiger partial charge in [-0.15, -0.1) is 0 Å². The van der Waals surface area contributed by atoms with E-state index in [2.05, 4.69) is 113 Å². The van der Waals surface area contributed by atoms with Gasteiger partial charge in [-0.25, -0.2) is 0 Å². The Morgan fingerprint density at radius 1 is 0.550 bits per heavy atom. The van der Waals surface area contributed by atoms with Crippen LogP contribution in [0.15, 0.2) is 113 Å². The first-order chi connectivity index (χ1) is 19.5. The molecule has 0 fully saturated rings. The van der Waals surface area contributed by atoms with Crippen molar-refractivity contribution >= 4 is 101 Å². The van der Waals surface area contributed by atoms with E-state index in [9.17, 15) is 10.2 Å². The van der Waals surface area contributed by atoms with Crippen molar-refractivity contribution in [2.75, 3.05) is 5.33 Å². The van der Waals surface area contributed by atoms with Gasteiger partial charge in [0.15, 0.2) is 0 Å². The monoisotopic (exact) mass is 602 g/mol. The summed E-state index contributed by atoms with van der Waals surface area (Å²) in [7, 11) is 4.34. The molecule has 0 heterocycles. The molecule has 0 spiro atoms. The fraction of sp³-hybridized carbons (Fsp3) is 0.0588. The number of benzene rings is 8. The molecule has 8 aromatic carbocycles. The van der Waals surface area contributed by atoms with Crippen molar-refractivity contribution in [1.29, 1.82) is 0 Å². The van der Waals surface area contributed by atoms with Crippen molar-refractivity contribution in [2.24, 2.45) is 4.30 Å². The van der Waals surface area contributed by atoms with Crippen LogP contribution < -0.4 is 0 Å². The molecule has 3 nitrogen and oxygen atoms in total. The predicted molar refractivity (Wildman–Crippen MR) is 180 cm³/mol. The molecule has 195 valence electrons. The zero-order valence-corrected chi connectivity index (χ0v) is 24.3. The van der Waals surface area contributed by atoms with E-state index in [0.29, 0.717) is 11.5 Å². The molecular formula is C34H26BBrNO2S. The van der Waals surface area contributed by atoms with Crippen LogP contribution in [-0.2, 0) is 0 Å². The van der Waals surface area contributed by atoms with Crippen LogP contribution in [0.3, 0.4) is 0 Å². The maximum atomic E-state index is 9.95. The number of phenolic OH excluding ortho intramolecular Hbond substituents is 2. The first kappa shape index (κ1) is 27.7. The van der Waals surface area contributed by atoms with Gasteiger partial charge >= 0.3 is 24.8 Å². The predicted octanol–water partition coefficient (Wildman–Crippen LogP) is 10.2. The maximum absolute atomic E-state index is 9.95. The molecule has 8 aromatic rings. The SMILES string of the molecule is CCBr.Oc1ccc2ccc3cccc4ccc1c2c34.Oc1ccc2ccc3cccc4ccc1c2c34.[B]=NS. The average Bonchev–Trinajstić information content (AvgIpc) is 2.98. The second-order valence-electron chi connectivity index (χ2n) is 9.26. The summed E-state index contributed by atoms with van der Waals surface area (Å²) in [6.45, 7) is 2.04. The molecule has 0 saturated carbocycles. The Labute approximate surface area is 247 Å². The topological polar surface area (TPSA) is 52.8 Å². The Bertz CT molecular complexity index is 1900. The minimum atomic E-state index is 0.357. The van der Waals surface area contributed by atoms with Crippen LogP contribution in [-0.4, -0.2) is 23.2 Å². The van der Waals surface area contributed by atoms with Gasteiger partial charge in [0.25, 0.3) is 0 Å². The Hall–Kier alpha value is -3.87. The van der Waals surface area contributed by atoms with Gasteiger partial charge in [-0.1, -0.05) is 120 Å². The number of hydrogen-bond donors (Lipinski definition) is 3. The number of aromatic hydroxyl groups is 2. The zero-order chi connectivity index (χ0) is 28.2. The Morgan fingerprint density at radius 3 is 1.12 bits per heavy atom. The molecule has 0 atom stereocenters. The van der Waals surface area contributed by atoms with Gasteiger partial charge in [0, 0.05) is 26.9 Å². The summed E-state index contributed by atoms with van der Waals surface area (Å²) in [5.41, 5.74) is 0. The normalized spacial score (nSPS) is 10.8. The second-order valence-corrected chi connectivity index (χ2v) is 10.6. The van der Waals surface area contributed by atoms with Gasteiger partial charge < -0.3 is 10.2 Å². The molecule has 2 N–H and O–H groups in total. The second kappa shape index (κ2) is 12.1. The fourth-order valence-electron chi connectivity index (χ4n) is 5.44. The van der Waals surface area contributed by atoms with E-state index in [4.69, 9.17) is 0 Å². The number of phenols is 2. The van der Waals surface area contributed by atoms with Gasteiger partial charge in [0.2, 0.25) is 0 Å². The van der Waals surface area contributed by atoms with Gasteiger partial charge in [0.1, 0.15) is 11.5 Å². The van der Waals surface area contributed by atoms with Crippen LogP contribution in [0, 0.1) is 0 Å². The summed E-state index contributed by atoms with van der Waals surface area (Å²) in [4.78, 5) is 0.